The van der Waals surface area contributed by atoms with Crippen molar-refractivity contribution in [2.24, 2.45) is 0 Å². The van der Waals surface area contributed by atoms with E-state index in [1.807, 2.05) is 42.5 Å². The van der Waals surface area contributed by atoms with Gasteiger partial charge in [0, 0.05) is 12.0 Å². The lowest BCUT2D eigenvalue weighted by Gasteiger charge is -2.16. The predicted octanol–water partition coefficient (Wildman–Crippen LogP) is 1.44. The minimum Gasteiger partial charge on any atom is -0.426 e. The van der Waals surface area contributed by atoms with E-state index in [1.54, 1.807) is 12.1 Å². The molecule has 0 fully saturated rings. The standard InChI is InChI=1S/C17H18BNO4/c1-12(20)11-16(18(22)23)19-17(21)15-9-7-14(8-10-15)13-5-3-2-4-6-13/h2-10,16,22-23H,11H2,1H3,(H,19,21)/t16-/m0/s1. The summed E-state index contributed by atoms with van der Waals surface area (Å²) in [5.74, 6) is -1.71. The SMILES string of the molecule is CC(=O)C[C@H](NC(=O)c1ccc(-c2ccccc2)cc1)B(O)O. The first-order chi connectivity index (χ1) is 11.0. The van der Waals surface area contributed by atoms with Crippen molar-refractivity contribution in [1.29, 1.82) is 0 Å². The zero-order valence-electron chi connectivity index (χ0n) is 12.8. The summed E-state index contributed by atoms with van der Waals surface area (Å²) >= 11 is 0. The van der Waals surface area contributed by atoms with Crippen LogP contribution < -0.4 is 5.32 Å². The third-order valence-corrected chi connectivity index (χ3v) is 3.44. The van der Waals surface area contributed by atoms with E-state index in [4.69, 9.17) is 0 Å². The molecule has 0 radical (unpaired) electrons. The molecule has 2 rings (SSSR count). The predicted molar refractivity (Wildman–Crippen MR) is 88.6 cm³/mol. The van der Waals surface area contributed by atoms with Crippen LogP contribution in [0.2, 0.25) is 0 Å². The number of Topliss-reactive ketones (excluding diaryl/α,β-unsaturated/α-hetero) is 1. The summed E-state index contributed by atoms with van der Waals surface area (Å²) < 4.78 is 0. The van der Waals surface area contributed by atoms with Crippen LogP contribution in [-0.4, -0.2) is 34.8 Å². The molecule has 0 unspecified atom stereocenters. The van der Waals surface area contributed by atoms with Gasteiger partial charge in [0.15, 0.2) is 0 Å². The molecule has 0 heterocycles. The van der Waals surface area contributed by atoms with Crippen LogP contribution in [0.25, 0.3) is 11.1 Å². The van der Waals surface area contributed by atoms with Crippen LogP contribution in [0, 0.1) is 0 Å². The molecule has 0 aliphatic carbocycles. The smallest absolute Gasteiger partial charge is 0.426 e. The second kappa shape index (κ2) is 7.71. The Morgan fingerprint density at radius 1 is 1.00 bits per heavy atom. The molecular formula is C17H18BNO4. The highest BCUT2D eigenvalue weighted by Gasteiger charge is 2.26. The third kappa shape index (κ3) is 4.77. The van der Waals surface area contributed by atoms with Gasteiger partial charge in [-0.1, -0.05) is 42.5 Å². The number of hydrogen-bond donors (Lipinski definition) is 3. The van der Waals surface area contributed by atoms with Gasteiger partial charge in [-0.15, -0.1) is 0 Å². The van der Waals surface area contributed by atoms with Gasteiger partial charge in [-0.3, -0.25) is 9.59 Å². The van der Waals surface area contributed by atoms with Crippen molar-refractivity contribution < 1.29 is 19.6 Å². The van der Waals surface area contributed by atoms with E-state index >= 15 is 0 Å². The molecule has 0 aliphatic rings. The highest BCUT2D eigenvalue weighted by atomic mass is 16.4. The molecule has 6 heteroatoms. The zero-order chi connectivity index (χ0) is 16.8. The maximum atomic E-state index is 12.1. The van der Waals surface area contributed by atoms with Crippen LogP contribution in [-0.2, 0) is 4.79 Å². The molecule has 1 amide bonds. The van der Waals surface area contributed by atoms with Crippen molar-refractivity contribution in [3.8, 4) is 11.1 Å². The van der Waals surface area contributed by atoms with Crippen molar-refractivity contribution in [2.45, 2.75) is 19.3 Å². The molecule has 0 bridgehead atoms. The van der Waals surface area contributed by atoms with Gasteiger partial charge >= 0.3 is 7.12 Å². The maximum absolute atomic E-state index is 12.1. The summed E-state index contributed by atoms with van der Waals surface area (Å²) in [6.45, 7) is 1.33. The summed E-state index contributed by atoms with van der Waals surface area (Å²) in [5, 5.41) is 20.9. The first-order valence-corrected chi connectivity index (χ1v) is 7.29. The van der Waals surface area contributed by atoms with Crippen LogP contribution in [0.3, 0.4) is 0 Å². The van der Waals surface area contributed by atoms with Crippen molar-refractivity contribution >= 4 is 18.8 Å². The molecule has 5 nitrogen and oxygen atoms in total. The van der Waals surface area contributed by atoms with Crippen LogP contribution >= 0.6 is 0 Å². The molecule has 23 heavy (non-hydrogen) atoms. The van der Waals surface area contributed by atoms with Gasteiger partial charge in [0.05, 0.1) is 5.94 Å². The van der Waals surface area contributed by atoms with Gasteiger partial charge in [0.2, 0.25) is 0 Å². The maximum Gasteiger partial charge on any atom is 0.475 e. The Kier molecular flexibility index (Phi) is 5.68. The van der Waals surface area contributed by atoms with E-state index in [-0.39, 0.29) is 12.2 Å². The molecule has 0 aromatic heterocycles. The van der Waals surface area contributed by atoms with Gasteiger partial charge in [0.25, 0.3) is 5.91 Å². The van der Waals surface area contributed by atoms with E-state index in [0.29, 0.717) is 5.56 Å². The molecule has 2 aromatic carbocycles. The Hall–Kier alpha value is -2.44. The van der Waals surface area contributed by atoms with E-state index in [9.17, 15) is 19.6 Å². The average Bonchev–Trinajstić information content (AvgIpc) is 2.54. The fraction of sp³-hybridized carbons (Fsp3) is 0.176. The van der Waals surface area contributed by atoms with Crippen molar-refractivity contribution in [1.82, 2.24) is 5.32 Å². The minimum absolute atomic E-state index is 0.133. The summed E-state index contributed by atoms with van der Waals surface area (Å²) in [6.07, 6.45) is -0.133. The van der Waals surface area contributed by atoms with Gasteiger partial charge in [-0.25, -0.2) is 0 Å². The van der Waals surface area contributed by atoms with Gasteiger partial charge in [-0.2, -0.15) is 0 Å². The van der Waals surface area contributed by atoms with Crippen LogP contribution in [0.15, 0.2) is 54.6 Å². The van der Waals surface area contributed by atoms with E-state index in [1.165, 1.54) is 6.92 Å². The van der Waals surface area contributed by atoms with Crippen LogP contribution in [0.5, 0.6) is 0 Å². The lowest BCUT2D eigenvalue weighted by atomic mass is 9.76. The Balaban J connectivity index is 2.09. The number of ketones is 1. The number of rotatable bonds is 6. The Bertz CT molecular complexity index is 671. The molecule has 3 N–H and O–H groups in total. The highest BCUT2D eigenvalue weighted by molar-refractivity contribution is 6.44. The van der Waals surface area contributed by atoms with Crippen LogP contribution in [0.1, 0.15) is 23.7 Å². The lowest BCUT2D eigenvalue weighted by molar-refractivity contribution is -0.117. The molecule has 0 aliphatic heterocycles. The number of hydrogen-bond acceptors (Lipinski definition) is 4. The molecular weight excluding hydrogens is 293 g/mol. The van der Waals surface area contributed by atoms with Crippen molar-refractivity contribution in [3.63, 3.8) is 0 Å². The fourth-order valence-corrected chi connectivity index (χ4v) is 2.24. The monoisotopic (exact) mass is 311 g/mol. The van der Waals surface area contributed by atoms with Gasteiger partial charge in [0.1, 0.15) is 5.78 Å². The van der Waals surface area contributed by atoms with Gasteiger partial charge < -0.3 is 15.4 Å². The topological polar surface area (TPSA) is 86.6 Å². The fourth-order valence-electron chi connectivity index (χ4n) is 2.24. The molecule has 0 saturated carbocycles. The van der Waals surface area contributed by atoms with Gasteiger partial charge in [-0.05, 0) is 30.2 Å². The Morgan fingerprint density at radius 2 is 1.57 bits per heavy atom. The lowest BCUT2D eigenvalue weighted by Crippen LogP contribution is -2.47. The van der Waals surface area contributed by atoms with Crippen LogP contribution in [0.4, 0.5) is 0 Å². The van der Waals surface area contributed by atoms with E-state index in [0.717, 1.165) is 11.1 Å². The van der Waals surface area contributed by atoms with E-state index < -0.39 is 19.0 Å². The third-order valence-electron chi connectivity index (χ3n) is 3.44. The summed E-state index contributed by atoms with van der Waals surface area (Å²) in [6, 6.07) is 16.7. The molecule has 0 saturated heterocycles. The molecule has 1 atom stereocenters. The second-order valence-electron chi connectivity index (χ2n) is 5.34. The van der Waals surface area contributed by atoms with Crippen molar-refractivity contribution in [3.05, 3.63) is 60.2 Å². The molecule has 2 aromatic rings. The highest BCUT2D eigenvalue weighted by Crippen LogP contribution is 2.19. The first-order valence-electron chi connectivity index (χ1n) is 7.29. The van der Waals surface area contributed by atoms with E-state index in [2.05, 4.69) is 5.32 Å². The number of benzene rings is 2. The zero-order valence-corrected chi connectivity index (χ0v) is 12.8. The number of carbonyl (C=O) groups excluding carboxylic acids is 2. The molecule has 118 valence electrons. The Morgan fingerprint density at radius 3 is 2.09 bits per heavy atom. The second-order valence-corrected chi connectivity index (χ2v) is 5.34. The van der Waals surface area contributed by atoms with Crippen molar-refractivity contribution in [2.75, 3.05) is 0 Å². The summed E-state index contributed by atoms with van der Waals surface area (Å²) in [5.41, 5.74) is 2.41. The minimum atomic E-state index is -1.79. The molecule has 0 spiro atoms. The first kappa shape index (κ1) is 16.9. The average molecular weight is 311 g/mol. The summed E-state index contributed by atoms with van der Waals surface area (Å²) in [7, 11) is -1.79. The number of carbonyl (C=O) groups is 2. The number of amides is 1. The largest absolute Gasteiger partial charge is 0.475 e. The number of nitrogens with one attached hydrogen (secondary N) is 1. The summed E-state index contributed by atoms with van der Waals surface area (Å²) in [4.78, 5) is 23.2. The Labute approximate surface area is 135 Å². The normalized spacial score (nSPS) is 11.6. The quantitative estimate of drug-likeness (QED) is 0.705.